The fourth-order valence-corrected chi connectivity index (χ4v) is 7.53. The number of thiazole rings is 1. The molecule has 39 heavy (non-hydrogen) atoms. The van der Waals surface area contributed by atoms with Gasteiger partial charge in [-0.2, -0.15) is 20.8 Å². The summed E-state index contributed by atoms with van der Waals surface area (Å²) in [5.74, 6) is 0.196. The second-order valence-corrected chi connectivity index (χ2v) is 14.4. The molecule has 6 heterocycles. The molecule has 4 aromatic rings. The van der Waals surface area contributed by atoms with E-state index in [0.717, 1.165) is 23.5 Å². The predicted octanol–water partition coefficient (Wildman–Crippen LogP) is 3.80. The molecule has 4 aromatic heterocycles. The first-order chi connectivity index (χ1) is 18.4. The van der Waals surface area contributed by atoms with Crippen molar-refractivity contribution in [3.63, 3.8) is 0 Å². The van der Waals surface area contributed by atoms with Crippen molar-refractivity contribution in [1.82, 2.24) is 29.3 Å². The molecule has 2 aliphatic heterocycles. The van der Waals surface area contributed by atoms with E-state index in [-0.39, 0.29) is 23.3 Å². The number of anilines is 2. The minimum atomic E-state index is -2.45. The van der Waals surface area contributed by atoms with Crippen molar-refractivity contribution in [2.24, 2.45) is 5.41 Å². The van der Waals surface area contributed by atoms with Gasteiger partial charge in [0.2, 0.25) is 5.91 Å². The van der Waals surface area contributed by atoms with Crippen molar-refractivity contribution in [2.45, 2.75) is 26.8 Å². The Morgan fingerprint density at radius 1 is 1.13 bits per heavy atom. The van der Waals surface area contributed by atoms with Crippen LogP contribution in [-0.2, 0) is 4.79 Å². The highest BCUT2D eigenvalue weighted by molar-refractivity contribution is 8.25. The lowest BCUT2D eigenvalue weighted by atomic mass is 9.84. The van der Waals surface area contributed by atoms with Crippen LogP contribution in [0, 0.1) is 12.3 Å². The molecule has 0 unspecified atom stereocenters. The molecular formula is C25H30N8O4S2. The van der Waals surface area contributed by atoms with Crippen LogP contribution in [-0.4, -0.2) is 81.3 Å². The molecule has 0 spiro atoms. The second kappa shape index (κ2) is 9.41. The topological polar surface area (TPSA) is 150 Å². The van der Waals surface area contributed by atoms with Crippen molar-refractivity contribution in [3.8, 4) is 10.4 Å². The summed E-state index contributed by atoms with van der Waals surface area (Å²) in [7, 11) is -2.45. The Morgan fingerprint density at radius 3 is 2.62 bits per heavy atom. The smallest absolute Gasteiger partial charge is 0.260 e. The molecule has 14 heteroatoms. The van der Waals surface area contributed by atoms with Crippen LogP contribution in [0.25, 0.3) is 15.3 Å². The Hall–Kier alpha value is -3.30. The largest absolute Gasteiger partial charge is 0.324 e. The zero-order valence-corrected chi connectivity index (χ0v) is 23.4. The van der Waals surface area contributed by atoms with E-state index < -0.39 is 10.6 Å². The number of hydrogen-bond acceptors (Lipinski definition) is 9. The minimum absolute atomic E-state index is 0.0191. The van der Waals surface area contributed by atoms with Crippen LogP contribution in [0.1, 0.15) is 35.9 Å². The molecule has 0 bridgehead atoms. The average Bonchev–Trinajstić information content (AvgIpc) is 3.53. The van der Waals surface area contributed by atoms with Crippen LogP contribution in [0.5, 0.6) is 0 Å². The first-order valence-corrected chi connectivity index (χ1v) is 15.2. The van der Waals surface area contributed by atoms with Crippen LogP contribution < -0.4 is 10.6 Å². The van der Waals surface area contributed by atoms with Gasteiger partial charge in [0, 0.05) is 31.0 Å². The van der Waals surface area contributed by atoms with Crippen molar-refractivity contribution in [2.75, 3.05) is 41.8 Å². The second-order valence-electron chi connectivity index (χ2n) is 11.1. The summed E-state index contributed by atoms with van der Waals surface area (Å²) in [4.78, 5) is 33.7. The van der Waals surface area contributed by atoms with Gasteiger partial charge in [0.05, 0.1) is 70.2 Å². The number of rotatable bonds is 7. The van der Waals surface area contributed by atoms with E-state index in [1.807, 2.05) is 12.4 Å². The summed E-state index contributed by atoms with van der Waals surface area (Å²) in [5.41, 5.74) is 3.18. The maximum absolute atomic E-state index is 13.2. The third-order valence-electron chi connectivity index (χ3n) is 6.91. The number of pyridine rings is 1. The Kier molecular flexibility index (Phi) is 6.26. The van der Waals surface area contributed by atoms with Crippen molar-refractivity contribution in [3.05, 3.63) is 48.3 Å². The summed E-state index contributed by atoms with van der Waals surface area (Å²) in [6.45, 7) is 8.23. The zero-order chi connectivity index (χ0) is 27.5. The SMILES string of the molecule is Cc1ncc(NC(=O)CN2CC(C)(C)C2)cc1NC(=O)c1cnn2cc(-c3cnn(C4CS(O)(O)C4)c3)sc12. The highest BCUT2D eigenvalue weighted by Crippen LogP contribution is 2.54. The highest BCUT2D eigenvalue weighted by atomic mass is 32.3. The number of amides is 2. The molecule has 4 N–H and O–H groups in total. The van der Waals surface area contributed by atoms with Gasteiger partial charge >= 0.3 is 0 Å². The zero-order valence-electron chi connectivity index (χ0n) is 21.8. The molecule has 0 saturated carbocycles. The van der Waals surface area contributed by atoms with Crippen LogP contribution >= 0.6 is 21.9 Å². The third kappa shape index (κ3) is 5.30. The lowest BCUT2D eigenvalue weighted by molar-refractivity contribution is -0.120. The van der Waals surface area contributed by atoms with E-state index >= 15 is 0 Å². The van der Waals surface area contributed by atoms with Gasteiger partial charge in [0.25, 0.3) is 5.91 Å². The Labute approximate surface area is 230 Å². The minimum Gasteiger partial charge on any atom is -0.324 e. The van der Waals surface area contributed by atoms with E-state index in [0.29, 0.717) is 45.5 Å². The fraction of sp³-hybridized carbons (Fsp3) is 0.400. The molecule has 0 radical (unpaired) electrons. The Balaban J connectivity index is 1.14. The Bertz CT molecular complexity index is 1570. The number of fused-ring (bicyclic) bond motifs is 1. The number of nitrogens with zero attached hydrogens (tertiary/aromatic N) is 6. The lowest BCUT2D eigenvalue weighted by Gasteiger charge is -2.46. The molecule has 0 atom stereocenters. The average molecular weight is 571 g/mol. The number of nitrogens with one attached hydrogen (secondary N) is 2. The molecule has 6 rings (SSSR count). The molecule has 2 amide bonds. The number of carbonyl (C=O) groups excluding carboxylic acids is 2. The third-order valence-corrected chi connectivity index (χ3v) is 9.91. The van der Waals surface area contributed by atoms with E-state index in [1.54, 1.807) is 34.6 Å². The van der Waals surface area contributed by atoms with Gasteiger partial charge in [-0.3, -0.25) is 33.3 Å². The molecule has 2 aliphatic rings. The van der Waals surface area contributed by atoms with Gasteiger partial charge < -0.3 is 10.6 Å². The molecule has 2 saturated heterocycles. The first-order valence-electron chi connectivity index (χ1n) is 12.5. The van der Waals surface area contributed by atoms with Crippen molar-refractivity contribution >= 4 is 49.9 Å². The number of aryl methyl sites for hydroxylation is 1. The summed E-state index contributed by atoms with van der Waals surface area (Å²) in [5, 5.41) is 14.5. The summed E-state index contributed by atoms with van der Waals surface area (Å²) >= 11 is 1.42. The van der Waals surface area contributed by atoms with Crippen molar-refractivity contribution in [1.29, 1.82) is 0 Å². The van der Waals surface area contributed by atoms with E-state index in [9.17, 15) is 18.7 Å². The summed E-state index contributed by atoms with van der Waals surface area (Å²) in [6.07, 6.45) is 8.55. The first kappa shape index (κ1) is 26.0. The Morgan fingerprint density at radius 2 is 1.90 bits per heavy atom. The van der Waals surface area contributed by atoms with Gasteiger partial charge in [0.15, 0.2) is 0 Å². The highest BCUT2D eigenvalue weighted by Gasteiger charge is 2.36. The van der Waals surface area contributed by atoms with Crippen LogP contribution in [0.3, 0.4) is 0 Å². The van der Waals surface area contributed by atoms with E-state index in [4.69, 9.17) is 0 Å². The monoisotopic (exact) mass is 570 g/mol. The number of hydrogen-bond donors (Lipinski definition) is 4. The molecular weight excluding hydrogens is 540 g/mol. The predicted molar refractivity (Wildman–Crippen MR) is 152 cm³/mol. The maximum atomic E-state index is 13.2. The fourth-order valence-electron chi connectivity index (χ4n) is 5.06. The molecule has 0 aromatic carbocycles. The number of carbonyl (C=O) groups is 2. The normalized spacial score (nSPS) is 19.3. The number of likely N-dealkylation sites (tertiary alicyclic amines) is 1. The van der Waals surface area contributed by atoms with Crippen LogP contribution in [0.4, 0.5) is 11.4 Å². The standard InChI is InChI=1S/C25H30N8O4S2/c1-15-20(4-17(6-26-15)29-22(34)10-31-13-25(2,3)14-31)30-23(35)19-7-28-33-9-21(38-24(19)33)16-5-27-32(8-16)18-11-39(36,37)12-18/h4-9,18,36-37H,10-14H2,1-3H3,(H,29,34)(H,30,35). The molecule has 2 fully saturated rings. The van der Waals surface area contributed by atoms with Gasteiger partial charge in [-0.05, 0) is 18.4 Å². The number of aromatic nitrogens is 5. The van der Waals surface area contributed by atoms with Gasteiger partial charge in [0.1, 0.15) is 4.83 Å². The molecule has 206 valence electrons. The lowest BCUT2D eigenvalue weighted by Crippen LogP contribution is -2.54. The maximum Gasteiger partial charge on any atom is 0.260 e. The van der Waals surface area contributed by atoms with E-state index in [2.05, 4.69) is 44.6 Å². The molecule has 0 aliphatic carbocycles. The van der Waals surface area contributed by atoms with Gasteiger partial charge in [-0.25, -0.2) is 4.52 Å². The van der Waals surface area contributed by atoms with Crippen LogP contribution in [0.2, 0.25) is 0 Å². The molecule has 12 nitrogen and oxygen atoms in total. The summed E-state index contributed by atoms with van der Waals surface area (Å²) in [6, 6.07) is 1.69. The van der Waals surface area contributed by atoms with E-state index in [1.165, 1.54) is 17.5 Å². The van der Waals surface area contributed by atoms with Crippen LogP contribution in [0.15, 0.2) is 37.1 Å². The quantitative estimate of drug-likeness (QED) is 0.262. The van der Waals surface area contributed by atoms with Gasteiger partial charge in [-0.1, -0.05) is 13.8 Å². The van der Waals surface area contributed by atoms with Gasteiger partial charge in [-0.15, -0.1) is 11.3 Å². The van der Waals surface area contributed by atoms with Crippen molar-refractivity contribution < 1.29 is 18.7 Å². The summed E-state index contributed by atoms with van der Waals surface area (Å²) < 4.78 is 22.8.